The van der Waals surface area contributed by atoms with E-state index < -0.39 is 5.41 Å². The number of carbonyl (C=O) groups excluding carboxylic acids is 1. The summed E-state index contributed by atoms with van der Waals surface area (Å²) in [5.74, 6) is -0.0803. The van der Waals surface area contributed by atoms with Crippen molar-refractivity contribution in [2.75, 3.05) is 7.05 Å². The molecule has 0 aliphatic carbocycles. The van der Waals surface area contributed by atoms with E-state index in [2.05, 4.69) is 6.07 Å². The van der Waals surface area contributed by atoms with Crippen molar-refractivity contribution in [1.29, 1.82) is 5.26 Å². The fraction of sp³-hybridized carbons (Fsp3) is 0.500. The number of rotatable bonds is 5. The molecule has 1 amide bonds. The van der Waals surface area contributed by atoms with Crippen molar-refractivity contribution in [2.45, 2.75) is 40.2 Å². The summed E-state index contributed by atoms with van der Waals surface area (Å²) in [6, 6.07) is 10.2. The Kier molecular flexibility index (Phi) is 5.11. The molecule has 19 heavy (non-hydrogen) atoms. The van der Waals surface area contributed by atoms with Gasteiger partial charge in [0.1, 0.15) is 5.41 Å². The average Bonchev–Trinajstić information content (AvgIpc) is 2.43. The van der Waals surface area contributed by atoms with E-state index in [9.17, 15) is 10.1 Å². The van der Waals surface area contributed by atoms with E-state index in [1.807, 2.05) is 45.0 Å². The van der Waals surface area contributed by atoms with E-state index in [4.69, 9.17) is 0 Å². The zero-order valence-electron chi connectivity index (χ0n) is 12.2. The van der Waals surface area contributed by atoms with Crippen LogP contribution >= 0.6 is 0 Å². The highest BCUT2D eigenvalue weighted by atomic mass is 16.2. The van der Waals surface area contributed by atoms with E-state index in [1.54, 1.807) is 11.9 Å². The van der Waals surface area contributed by atoms with Gasteiger partial charge in [0, 0.05) is 13.6 Å². The molecule has 0 aliphatic rings. The molecule has 102 valence electrons. The van der Waals surface area contributed by atoms with Crippen LogP contribution in [0.15, 0.2) is 24.3 Å². The zero-order chi connectivity index (χ0) is 14.5. The Morgan fingerprint density at radius 3 is 2.37 bits per heavy atom. The standard InChI is InChI=1S/C16H22N2O/c1-5-16(6-2,12-17)15(19)18(4)11-14-10-8-7-9-13(14)3/h7-10H,5-6,11H2,1-4H3. The number of benzene rings is 1. The van der Waals surface area contributed by atoms with Crippen molar-refractivity contribution in [2.24, 2.45) is 5.41 Å². The number of carbonyl (C=O) groups is 1. The van der Waals surface area contributed by atoms with Gasteiger partial charge in [-0.2, -0.15) is 5.26 Å². The van der Waals surface area contributed by atoms with E-state index in [0.29, 0.717) is 19.4 Å². The first-order valence-electron chi connectivity index (χ1n) is 6.72. The van der Waals surface area contributed by atoms with Crippen LogP contribution < -0.4 is 0 Å². The van der Waals surface area contributed by atoms with E-state index in [0.717, 1.165) is 11.1 Å². The molecule has 1 rings (SSSR count). The number of hydrogen-bond acceptors (Lipinski definition) is 2. The molecule has 0 aliphatic heterocycles. The quantitative estimate of drug-likeness (QED) is 0.813. The minimum absolute atomic E-state index is 0.0803. The predicted molar refractivity (Wildman–Crippen MR) is 76.3 cm³/mol. The highest BCUT2D eigenvalue weighted by Gasteiger charge is 2.37. The average molecular weight is 258 g/mol. The van der Waals surface area contributed by atoms with Gasteiger partial charge < -0.3 is 4.90 Å². The molecule has 0 bridgehead atoms. The second-order valence-electron chi connectivity index (χ2n) is 4.99. The summed E-state index contributed by atoms with van der Waals surface area (Å²) in [6.45, 7) is 6.37. The number of nitrogens with zero attached hydrogens (tertiary/aromatic N) is 2. The molecule has 0 aromatic heterocycles. The number of nitriles is 1. The first-order valence-corrected chi connectivity index (χ1v) is 6.72. The van der Waals surface area contributed by atoms with Gasteiger partial charge in [-0.05, 0) is 30.9 Å². The van der Waals surface area contributed by atoms with Crippen LogP contribution in [0.5, 0.6) is 0 Å². The maximum atomic E-state index is 12.5. The van der Waals surface area contributed by atoms with Crippen LogP contribution in [0.4, 0.5) is 0 Å². The van der Waals surface area contributed by atoms with Crippen molar-refractivity contribution in [3.8, 4) is 6.07 Å². The van der Waals surface area contributed by atoms with Crippen LogP contribution in [0.3, 0.4) is 0 Å². The Labute approximate surface area is 115 Å². The van der Waals surface area contributed by atoms with Crippen LogP contribution in [0, 0.1) is 23.7 Å². The Bertz CT molecular complexity index is 484. The monoisotopic (exact) mass is 258 g/mol. The number of aryl methyl sites for hydroxylation is 1. The van der Waals surface area contributed by atoms with Gasteiger partial charge in [-0.3, -0.25) is 4.79 Å². The van der Waals surface area contributed by atoms with Crippen LogP contribution in [0.2, 0.25) is 0 Å². The molecule has 0 radical (unpaired) electrons. The number of amides is 1. The van der Waals surface area contributed by atoms with E-state index in [-0.39, 0.29) is 5.91 Å². The Morgan fingerprint density at radius 1 is 1.32 bits per heavy atom. The molecule has 0 saturated heterocycles. The third-order valence-corrected chi connectivity index (χ3v) is 3.85. The van der Waals surface area contributed by atoms with Gasteiger partial charge in [0.15, 0.2) is 0 Å². The fourth-order valence-electron chi connectivity index (χ4n) is 2.24. The van der Waals surface area contributed by atoms with Crippen LogP contribution in [-0.4, -0.2) is 17.9 Å². The molecule has 0 spiro atoms. The van der Waals surface area contributed by atoms with Gasteiger partial charge in [-0.25, -0.2) is 0 Å². The van der Waals surface area contributed by atoms with Crippen molar-refractivity contribution in [1.82, 2.24) is 4.90 Å². The first-order chi connectivity index (χ1) is 9.00. The van der Waals surface area contributed by atoms with Crippen LogP contribution in [0.25, 0.3) is 0 Å². The fourth-order valence-corrected chi connectivity index (χ4v) is 2.24. The summed E-state index contributed by atoms with van der Waals surface area (Å²) in [7, 11) is 1.77. The minimum atomic E-state index is -0.878. The Morgan fingerprint density at radius 2 is 1.89 bits per heavy atom. The zero-order valence-corrected chi connectivity index (χ0v) is 12.2. The Balaban J connectivity index is 2.90. The lowest BCUT2D eigenvalue weighted by Crippen LogP contribution is -2.40. The maximum absolute atomic E-state index is 12.5. The number of hydrogen-bond donors (Lipinski definition) is 0. The smallest absolute Gasteiger partial charge is 0.243 e. The van der Waals surface area contributed by atoms with E-state index >= 15 is 0 Å². The summed E-state index contributed by atoms with van der Waals surface area (Å²) in [5, 5.41) is 9.32. The van der Waals surface area contributed by atoms with Gasteiger partial charge in [0.2, 0.25) is 5.91 Å². The highest BCUT2D eigenvalue weighted by molar-refractivity contribution is 5.85. The van der Waals surface area contributed by atoms with Gasteiger partial charge in [0.25, 0.3) is 0 Å². The normalized spacial score (nSPS) is 10.9. The summed E-state index contributed by atoms with van der Waals surface area (Å²) >= 11 is 0. The van der Waals surface area contributed by atoms with Crippen LogP contribution in [0.1, 0.15) is 37.8 Å². The molecule has 0 fully saturated rings. The highest BCUT2D eigenvalue weighted by Crippen LogP contribution is 2.28. The van der Waals surface area contributed by atoms with Crippen molar-refractivity contribution < 1.29 is 4.79 Å². The third kappa shape index (κ3) is 3.14. The summed E-state index contributed by atoms with van der Waals surface area (Å²) in [6.07, 6.45) is 1.11. The van der Waals surface area contributed by atoms with Crippen molar-refractivity contribution in [3.05, 3.63) is 35.4 Å². The molecule has 0 N–H and O–H groups in total. The van der Waals surface area contributed by atoms with Gasteiger partial charge in [-0.1, -0.05) is 38.1 Å². The minimum Gasteiger partial charge on any atom is -0.340 e. The van der Waals surface area contributed by atoms with Gasteiger partial charge in [-0.15, -0.1) is 0 Å². The second kappa shape index (κ2) is 6.38. The maximum Gasteiger partial charge on any atom is 0.243 e. The lowest BCUT2D eigenvalue weighted by atomic mass is 9.82. The summed E-state index contributed by atoms with van der Waals surface area (Å²) in [4.78, 5) is 14.1. The lowest BCUT2D eigenvalue weighted by Gasteiger charge is -2.28. The molecule has 3 nitrogen and oxygen atoms in total. The molecular weight excluding hydrogens is 236 g/mol. The molecule has 3 heteroatoms. The largest absolute Gasteiger partial charge is 0.340 e. The molecule has 0 unspecified atom stereocenters. The van der Waals surface area contributed by atoms with Crippen molar-refractivity contribution in [3.63, 3.8) is 0 Å². The SMILES string of the molecule is CCC(C#N)(CC)C(=O)N(C)Cc1ccccc1C. The van der Waals surface area contributed by atoms with Gasteiger partial charge in [0.05, 0.1) is 6.07 Å². The second-order valence-corrected chi connectivity index (χ2v) is 4.99. The Hall–Kier alpha value is -1.82. The van der Waals surface area contributed by atoms with E-state index in [1.165, 1.54) is 0 Å². The molecule has 0 atom stereocenters. The van der Waals surface area contributed by atoms with Crippen molar-refractivity contribution >= 4 is 5.91 Å². The predicted octanol–water partition coefficient (Wildman–Crippen LogP) is 3.28. The van der Waals surface area contributed by atoms with Gasteiger partial charge >= 0.3 is 0 Å². The molecule has 0 heterocycles. The molecule has 0 saturated carbocycles. The lowest BCUT2D eigenvalue weighted by molar-refractivity contribution is -0.138. The summed E-state index contributed by atoms with van der Waals surface area (Å²) < 4.78 is 0. The molecule has 1 aromatic carbocycles. The summed E-state index contributed by atoms with van der Waals surface area (Å²) in [5.41, 5.74) is 1.41. The molecule has 1 aromatic rings. The molecular formula is C16H22N2O. The third-order valence-electron chi connectivity index (χ3n) is 3.85. The topological polar surface area (TPSA) is 44.1 Å². The van der Waals surface area contributed by atoms with Crippen LogP contribution in [-0.2, 0) is 11.3 Å². The first kappa shape index (κ1) is 15.2.